The molecule has 1 saturated heterocycles. The molecule has 0 saturated carbocycles. The second kappa shape index (κ2) is 6.67. The molecule has 1 aliphatic rings. The maximum absolute atomic E-state index is 13.1. The minimum atomic E-state index is -2.84. The molecular formula is C17H26FNO2S. The van der Waals surface area contributed by atoms with Crippen LogP contribution in [0.1, 0.15) is 45.2 Å². The van der Waals surface area contributed by atoms with E-state index in [2.05, 4.69) is 26.1 Å². The highest BCUT2D eigenvalue weighted by atomic mass is 32.2. The van der Waals surface area contributed by atoms with Crippen molar-refractivity contribution in [1.29, 1.82) is 0 Å². The van der Waals surface area contributed by atoms with Crippen LogP contribution in [-0.4, -0.2) is 26.5 Å². The Morgan fingerprint density at radius 2 is 1.91 bits per heavy atom. The Labute approximate surface area is 133 Å². The minimum absolute atomic E-state index is 0.115. The fourth-order valence-corrected chi connectivity index (χ4v) is 4.82. The van der Waals surface area contributed by atoms with Crippen molar-refractivity contribution in [2.24, 2.45) is 11.3 Å². The molecule has 0 aromatic heterocycles. The topological polar surface area (TPSA) is 46.2 Å². The number of benzene rings is 1. The molecule has 1 aliphatic heterocycles. The van der Waals surface area contributed by atoms with Gasteiger partial charge in [0.2, 0.25) is 0 Å². The van der Waals surface area contributed by atoms with Gasteiger partial charge >= 0.3 is 0 Å². The van der Waals surface area contributed by atoms with E-state index in [1.54, 1.807) is 0 Å². The fourth-order valence-electron chi connectivity index (χ4n) is 2.96. The molecule has 1 N–H and O–H groups in total. The Morgan fingerprint density at radius 1 is 1.27 bits per heavy atom. The maximum atomic E-state index is 13.1. The highest BCUT2D eigenvalue weighted by Crippen LogP contribution is 2.30. The average Bonchev–Trinajstić information content (AvgIpc) is 2.74. The van der Waals surface area contributed by atoms with Crippen molar-refractivity contribution in [1.82, 2.24) is 5.32 Å². The fraction of sp³-hybridized carbons (Fsp3) is 0.647. The summed E-state index contributed by atoms with van der Waals surface area (Å²) in [5.41, 5.74) is 1.19. The van der Waals surface area contributed by atoms with Crippen LogP contribution in [0.5, 0.6) is 0 Å². The van der Waals surface area contributed by atoms with E-state index in [-0.39, 0.29) is 28.9 Å². The molecule has 2 atom stereocenters. The number of rotatable bonds is 5. The first-order valence-electron chi connectivity index (χ1n) is 7.84. The predicted molar refractivity (Wildman–Crippen MR) is 88.0 cm³/mol. The zero-order valence-electron chi connectivity index (χ0n) is 13.6. The first-order chi connectivity index (χ1) is 10.1. The second-order valence-corrected chi connectivity index (χ2v) is 9.77. The Balaban J connectivity index is 2.03. The van der Waals surface area contributed by atoms with Crippen molar-refractivity contribution >= 4 is 9.84 Å². The molecule has 22 heavy (non-hydrogen) atoms. The van der Waals surface area contributed by atoms with Crippen molar-refractivity contribution in [3.63, 3.8) is 0 Å². The van der Waals surface area contributed by atoms with Crippen LogP contribution in [0.2, 0.25) is 0 Å². The van der Waals surface area contributed by atoms with Gasteiger partial charge < -0.3 is 5.32 Å². The van der Waals surface area contributed by atoms with E-state index in [9.17, 15) is 12.8 Å². The van der Waals surface area contributed by atoms with E-state index in [4.69, 9.17) is 0 Å². The Bertz CT molecular complexity index is 590. The molecule has 3 nitrogen and oxygen atoms in total. The number of hydrogen-bond donors (Lipinski definition) is 1. The zero-order valence-corrected chi connectivity index (χ0v) is 14.4. The number of hydrogen-bond acceptors (Lipinski definition) is 3. The standard InChI is InChI=1S/C17H26FNO2S/c1-17(2,3)10-16(14-4-6-15(18)7-5-14)19-11-13-8-9-22(20,21)12-13/h4-7,13,16,19H,8-12H2,1-3H3/t13-,16-/m0/s1. The maximum Gasteiger partial charge on any atom is 0.150 e. The van der Waals surface area contributed by atoms with Gasteiger partial charge in [-0.15, -0.1) is 0 Å². The summed E-state index contributed by atoms with van der Waals surface area (Å²) < 4.78 is 36.2. The van der Waals surface area contributed by atoms with E-state index in [0.29, 0.717) is 12.3 Å². The lowest BCUT2D eigenvalue weighted by Gasteiger charge is -2.28. The first-order valence-corrected chi connectivity index (χ1v) is 9.66. The highest BCUT2D eigenvalue weighted by Gasteiger charge is 2.29. The molecule has 1 aromatic carbocycles. The van der Waals surface area contributed by atoms with E-state index in [1.807, 2.05) is 12.1 Å². The lowest BCUT2D eigenvalue weighted by Crippen LogP contribution is -2.30. The third-order valence-electron chi connectivity index (χ3n) is 4.07. The molecule has 5 heteroatoms. The third-order valence-corrected chi connectivity index (χ3v) is 5.91. The number of sulfone groups is 1. The van der Waals surface area contributed by atoms with Gasteiger partial charge in [0.05, 0.1) is 11.5 Å². The van der Waals surface area contributed by atoms with E-state index in [1.165, 1.54) is 12.1 Å². The molecule has 0 unspecified atom stereocenters. The largest absolute Gasteiger partial charge is 0.310 e. The molecule has 124 valence electrons. The van der Waals surface area contributed by atoms with Gasteiger partial charge in [0.25, 0.3) is 0 Å². The normalized spacial score (nSPS) is 22.6. The molecule has 1 aromatic rings. The molecule has 0 bridgehead atoms. The summed E-state index contributed by atoms with van der Waals surface area (Å²) in [6.07, 6.45) is 1.65. The summed E-state index contributed by atoms with van der Waals surface area (Å²) >= 11 is 0. The molecule has 0 spiro atoms. The van der Waals surface area contributed by atoms with Crippen LogP contribution in [0.4, 0.5) is 4.39 Å². The minimum Gasteiger partial charge on any atom is -0.310 e. The van der Waals surface area contributed by atoms with Crippen LogP contribution in [0, 0.1) is 17.2 Å². The summed E-state index contributed by atoms with van der Waals surface area (Å²) in [7, 11) is -2.84. The first kappa shape index (κ1) is 17.4. The molecule has 0 radical (unpaired) electrons. The van der Waals surface area contributed by atoms with Crippen LogP contribution < -0.4 is 5.32 Å². The van der Waals surface area contributed by atoms with Crippen LogP contribution in [0.3, 0.4) is 0 Å². The predicted octanol–water partition coefficient (Wildman–Crippen LogP) is 3.33. The molecule has 1 heterocycles. The number of halogens is 1. The third kappa shape index (κ3) is 5.36. The van der Waals surface area contributed by atoms with E-state index in [0.717, 1.165) is 18.4 Å². The van der Waals surface area contributed by atoms with Gasteiger partial charge in [-0.3, -0.25) is 0 Å². The van der Waals surface area contributed by atoms with E-state index >= 15 is 0 Å². The lowest BCUT2D eigenvalue weighted by molar-refractivity contribution is 0.303. The van der Waals surface area contributed by atoms with Crippen molar-refractivity contribution in [3.8, 4) is 0 Å². The molecule has 1 fully saturated rings. The molecule has 0 amide bonds. The highest BCUT2D eigenvalue weighted by molar-refractivity contribution is 7.91. The van der Waals surface area contributed by atoms with Gasteiger partial charge in [0.1, 0.15) is 5.82 Å². The summed E-state index contributed by atoms with van der Waals surface area (Å²) in [5.74, 6) is 0.541. The molecular weight excluding hydrogens is 301 g/mol. The summed E-state index contributed by atoms with van der Waals surface area (Å²) in [6.45, 7) is 7.21. The Hall–Kier alpha value is -0.940. The average molecular weight is 327 g/mol. The monoisotopic (exact) mass is 327 g/mol. The second-order valence-electron chi connectivity index (χ2n) is 7.55. The summed E-state index contributed by atoms with van der Waals surface area (Å²) in [5, 5.41) is 3.50. The van der Waals surface area contributed by atoms with E-state index < -0.39 is 9.84 Å². The van der Waals surface area contributed by atoms with Crippen molar-refractivity contribution in [2.45, 2.75) is 39.7 Å². The zero-order chi connectivity index (χ0) is 16.4. The Morgan fingerprint density at radius 3 is 2.41 bits per heavy atom. The quantitative estimate of drug-likeness (QED) is 0.902. The van der Waals surface area contributed by atoms with Gasteiger partial charge in [0.15, 0.2) is 9.84 Å². The van der Waals surface area contributed by atoms with Crippen molar-refractivity contribution in [3.05, 3.63) is 35.6 Å². The lowest BCUT2D eigenvalue weighted by atomic mass is 9.85. The molecule has 0 aliphatic carbocycles. The van der Waals surface area contributed by atoms with Crippen LogP contribution in [0.25, 0.3) is 0 Å². The van der Waals surface area contributed by atoms with Crippen LogP contribution >= 0.6 is 0 Å². The van der Waals surface area contributed by atoms with Crippen LogP contribution in [-0.2, 0) is 9.84 Å². The van der Waals surface area contributed by atoms with Crippen molar-refractivity contribution in [2.75, 3.05) is 18.1 Å². The van der Waals surface area contributed by atoms with Gasteiger partial charge in [0, 0.05) is 6.04 Å². The van der Waals surface area contributed by atoms with Crippen LogP contribution in [0.15, 0.2) is 24.3 Å². The summed E-state index contributed by atoms with van der Waals surface area (Å²) in [6, 6.07) is 6.69. The van der Waals surface area contributed by atoms with Gasteiger partial charge in [-0.2, -0.15) is 0 Å². The SMILES string of the molecule is CC(C)(C)C[C@H](NC[C@@H]1CCS(=O)(=O)C1)c1ccc(F)cc1. The number of nitrogens with one attached hydrogen (secondary N) is 1. The smallest absolute Gasteiger partial charge is 0.150 e. The summed E-state index contributed by atoms with van der Waals surface area (Å²) in [4.78, 5) is 0. The van der Waals surface area contributed by atoms with Gasteiger partial charge in [-0.05, 0) is 48.4 Å². The van der Waals surface area contributed by atoms with Gasteiger partial charge in [-0.25, -0.2) is 12.8 Å². The van der Waals surface area contributed by atoms with Gasteiger partial charge in [-0.1, -0.05) is 32.9 Å². The Kier molecular flexibility index (Phi) is 5.28. The van der Waals surface area contributed by atoms with Crippen molar-refractivity contribution < 1.29 is 12.8 Å². The molecule has 2 rings (SSSR count).